The van der Waals surface area contributed by atoms with E-state index in [4.69, 9.17) is 4.74 Å². The zero-order chi connectivity index (χ0) is 14.4. The minimum atomic E-state index is 0.368. The molecule has 0 saturated carbocycles. The van der Waals surface area contributed by atoms with Crippen molar-refractivity contribution in [2.45, 2.75) is 33.2 Å². The van der Waals surface area contributed by atoms with Crippen LogP contribution in [0, 0.1) is 0 Å². The fourth-order valence-electron chi connectivity index (χ4n) is 1.83. The van der Waals surface area contributed by atoms with Crippen LogP contribution in [0.15, 0.2) is 36.7 Å². The topological polar surface area (TPSA) is 47.0 Å². The maximum atomic E-state index is 5.79. The highest BCUT2D eigenvalue weighted by molar-refractivity contribution is 5.30. The molecule has 0 fully saturated rings. The average Bonchev–Trinajstić information content (AvgIpc) is 2.46. The monoisotopic (exact) mass is 271 g/mol. The van der Waals surface area contributed by atoms with Gasteiger partial charge in [0.2, 0.25) is 5.88 Å². The van der Waals surface area contributed by atoms with Crippen LogP contribution in [-0.4, -0.2) is 16.5 Å². The van der Waals surface area contributed by atoms with Crippen LogP contribution >= 0.6 is 0 Å². The Kier molecular flexibility index (Phi) is 5.07. The van der Waals surface area contributed by atoms with Crippen molar-refractivity contribution in [3.63, 3.8) is 0 Å². The third-order valence-electron chi connectivity index (χ3n) is 2.91. The van der Waals surface area contributed by atoms with E-state index in [9.17, 15) is 0 Å². The lowest BCUT2D eigenvalue weighted by atomic mass is 10.1. The number of nitrogens with one attached hydrogen (secondary N) is 1. The molecule has 0 saturated heterocycles. The van der Waals surface area contributed by atoms with Crippen LogP contribution in [0.25, 0.3) is 0 Å². The van der Waals surface area contributed by atoms with Crippen molar-refractivity contribution >= 4 is 0 Å². The van der Waals surface area contributed by atoms with Crippen LogP contribution in [0.3, 0.4) is 0 Å². The Morgan fingerprint density at radius 2 is 2.15 bits per heavy atom. The normalized spacial score (nSPS) is 10.8. The van der Waals surface area contributed by atoms with Crippen LogP contribution in [0.2, 0.25) is 0 Å². The number of aromatic nitrogens is 2. The highest BCUT2D eigenvalue weighted by atomic mass is 16.5. The molecule has 0 aliphatic rings. The largest absolute Gasteiger partial charge is 0.437 e. The van der Waals surface area contributed by atoms with Gasteiger partial charge in [0.1, 0.15) is 5.75 Å². The van der Waals surface area contributed by atoms with E-state index in [1.807, 2.05) is 18.2 Å². The van der Waals surface area contributed by atoms with Crippen LogP contribution in [0.5, 0.6) is 11.6 Å². The second kappa shape index (κ2) is 7.01. The molecule has 0 spiro atoms. The van der Waals surface area contributed by atoms with Gasteiger partial charge in [0, 0.05) is 24.5 Å². The molecule has 20 heavy (non-hydrogen) atoms. The van der Waals surface area contributed by atoms with E-state index < -0.39 is 0 Å². The van der Waals surface area contributed by atoms with Gasteiger partial charge in [-0.25, -0.2) is 4.98 Å². The first kappa shape index (κ1) is 14.5. The van der Waals surface area contributed by atoms with Crippen molar-refractivity contribution < 1.29 is 4.74 Å². The zero-order valence-electron chi connectivity index (χ0n) is 12.3. The molecule has 0 unspecified atom stereocenters. The van der Waals surface area contributed by atoms with E-state index in [-0.39, 0.29) is 0 Å². The Labute approximate surface area is 120 Å². The quantitative estimate of drug-likeness (QED) is 0.873. The van der Waals surface area contributed by atoms with Crippen LogP contribution in [-0.2, 0) is 6.54 Å². The summed E-state index contributed by atoms with van der Waals surface area (Å²) in [4.78, 5) is 8.60. The molecule has 0 aliphatic heterocycles. The number of ether oxygens (including phenoxy) is 1. The second-order valence-corrected chi connectivity index (χ2v) is 4.96. The Morgan fingerprint density at radius 1 is 1.30 bits per heavy atom. The summed E-state index contributed by atoms with van der Waals surface area (Å²) in [6.45, 7) is 8.12. The van der Waals surface area contributed by atoms with Crippen molar-refractivity contribution in [3.05, 3.63) is 47.9 Å². The SMILES string of the molecule is CCNCc1cc(Oc2cccnc2)nc(C(C)C)c1. The number of pyridine rings is 2. The van der Waals surface area contributed by atoms with Crippen molar-refractivity contribution in [1.82, 2.24) is 15.3 Å². The summed E-state index contributed by atoms with van der Waals surface area (Å²) in [6, 6.07) is 7.83. The zero-order valence-corrected chi connectivity index (χ0v) is 12.3. The van der Waals surface area contributed by atoms with Crippen LogP contribution in [0.1, 0.15) is 37.9 Å². The highest BCUT2D eigenvalue weighted by Gasteiger charge is 2.08. The average molecular weight is 271 g/mol. The maximum absolute atomic E-state index is 5.79. The predicted octanol–water partition coefficient (Wildman–Crippen LogP) is 3.50. The molecule has 2 aromatic heterocycles. The van der Waals surface area contributed by atoms with E-state index >= 15 is 0 Å². The van der Waals surface area contributed by atoms with E-state index in [1.54, 1.807) is 12.4 Å². The molecule has 0 radical (unpaired) electrons. The van der Waals surface area contributed by atoms with Crippen LogP contribution in [0.4, 0.5) is 0 Å². The van der Waals surface area contributed by atoms with E-state index in [2.05, 4.69) is 42.1 Å². The van der Waals surface area contributed by atoms with Crippen molar-refractivity contribution in [3.8, 4) is 11.6 Å². The van der Waals surface area contributed by atoms with Gasteiger partial charge >= 0.3 is 0 Å². The molecule has 0 atom stereocenters. The van der Waals surface area contributed by atoms with Gasteiger partial charge in [0.05, 0.1) is 6.20 Å². The van der Waals surface area contributed by atoms with Crippen molar-refractivity contribution in [2.24, 2.45) is 0 Å². The molecule has 0 amide bonds. The summed E-state index contributed by atoms with van der Waals surface area (Å²) in [5.41, 5.74) is 2.23. The molecule has 2 rings (SSSR count). The predicted molar refractivity (Wildman–Crippen MR) is 80.0 cm³/mol. The number of hydrogen-bond acceptors (Lipinski definition) is 4. The molecule has 0 aliphatic carbocycles. The molecule has 4 heteroatoms. The minimum Gasteiger partial charge on any atom is -0.437 e. The number of hydrogen-bond donors (Lipinski definition) is 1. The lowest BCUT2D eigenvalue weighted by molar-refractivity contribution is 0.456. The summed E-state index contributed by atoms with van der Waals surface area (Å²) >= 11 is 0. The molecule has 4 nitrogen and oxygen atoms in total. The van der Waals surface area contributed by atoms with Gasteiger partial charge in [-0.3, -0.25) is 4.98 Å². The number of nitrogens with zero attached hydrogens (tertiary/aromatic N) is 2. The maximum Gasteiger partial charge on any atom is 0.219 e. The summed E-state index contributed by atoms with van der Waals surface area (Å²) in [5.74, 6) is 1.69. The molecule has 2 aromatic rings. The molecular formula is C16H21N3O. The Balaban J connectivity index is 2.24. The van der Waals surface area contributed by atoms with E-state index in [0.717, 1.165) is 18.8 Å². The molecule has 2 heterocycles. The fourth-order valence-corrected chi connectivity index (χ4v) is 1.83. The van der Waals surface area contributed by atoms with E-state index in [1.165, 1.54) is 5.56 Å². The minimum absolute atomic E-state index is 0.368. The third kappa shape index (κ3) is 4.03. The van der Waals surface area contributed by atoms with Gasteiger partial charge in [0.25, 0.3) is 0 Å². The summed E-state index contributed by atoms with van der Waals surface area (Å²) in [6.07, 6.45) is 3.41. The lowest BCUT2D eigenvalue weighted by Crippen LogP contribution is -2.12. The summed E-state index contributed by atoms with van der Waals surface area (Å²) < 4.78 is 5.79. The Hall–Kier alpha value is -1.94. The molecule has 0 aromatic carbocycles. The second-order valence-electron chi connectivity index (χ2n) is 4.96. The van der Waals surface area contributed by atoms with E-state index in [0.29, 0.717) is 17.5 Å². The van der Waals surface area contributed by atoms with Crippen molar-refractivity contribution in [1.29, 1.82) is 0 Å². The summed E-state index contributed by atoms with van der Waals surface area (Å²) in [7, 11) is 0. The Morgan fingerprint density at radius 3 is 2.80 bits per heavy atom. The van der Waals surface area contributed by atoms with Gasteiger partial charge in [-0.05, 0) is 36.2 Å². The molecule has 1 N–H and O–H groups in total. The smallest absolute Gasteiger partial charge is 0.219 e. The lowest BCUT2D eigenvalue weighted by Gasteiger charge is -2.12. The first-order valence-corrected chi connectivity index (χ1v) is 6.98. The van der Waals surface area contributed by atoms with Gasteiger partial charge in [-0.2, -0.15) is 0 Å². The standard InChI is InChI=1S/C16H21N3O/c1-4-17-10-13-8-15(12(2)3)19-16(9-13)20-14-6-5-7-18-11-14/h5-9,11-12,17H,4,10H2,1-3H3. The Bertz CT molecular complexity index is 541. The van der Waals surface area contributed by atoms with Gasteiger partial charge < -0.3 is 10.1 Å². The summed E-state index contributed by atoms with van der Waals surface area (Å²) in [5, 5.41) is 3.33. The first-order valence-electron chi connectivity index (χ1n) is 6.98. The molecule has 106 valence electrons. The highest BCUT2D eigenvalue weighted by Crippen LogP contribution is 2.23. The van der Waals surface area contributed by atoms with Gasteiger partial charge in [-0.15, -0.1) is 0 Å². The fraction of sp³-hybridized carbons (Fsp3) is 0.375. The molecular weight excluding hydrogens is 250 g/mol. The number of rotatable bonds is 6. The van der Waals surface area contributed by atoms with Gasteiger partial charge in [-0.1, -0.05) is 20.8 Å². The van der Waals surface area contributed by atoms with Crippen LogP contribution < -0.4 is 10.1 Å². The molecule has 0 bridgehead atoms. The van der Waals surface area contributed by atoms with Crippen molar-refractivity contribution in [2.75, 3.05) is 6.54 Å². The first-order chi connectivity index (χ1) is 9.69. The third-order valence-corrected chi connectivity index (χ3v) is 2.91. The van der Waals surface area contributed by atoms with Gasteiger partial charge in [0.15, 0.2) is 0 Å².